The van der Waals surface area contributed by atoms with Crippen molar-refractivity contribution in [2.45, 2.75) is 10.4 Å². The predicted octanol–water partition coefficient (Wildman–Crippen LogP) is 5.24. The van der Waals surface area contributed by atoms with Gasteiger partial charge in [0.05, 0.1) is 16.6 Å². The Balaban J connectivity index is 1.89. The summed E-state index contributed by atoms with van der Waals surface area (Å²) in [5.41, 5.74) is -1.83. The summed E-state index contributed by atoms with van der Waals surface area (Å²) in [5.74, 6) is 0.424. The Morgan fingerprint density at radius 3 is 2.46 bits per heavy atom. The molecule has 0 radical (unpaired) electrons. The zero-order valence-electron chi connectivity index (χ0n) is 12.1. The number of fused-ring (bicyclic) bond motifs is 1. The molecule has 24 heavy (non-hydrogen) atoms. The van der Waals surface area contributed by atoms with E-state index >= 15 is 0 Å². The quantitative estimate of drug-likeness (QED) is 0.522. The molecule has 0 aliphatic rings. The molecular weight excluding hydrogens is 335 g/mol. The van der Waals surface area contributed by atoms with E-state index in [1.54, 1.807) is 6.08 Å². The average molecular weight is 345 g/mol. The van der Waals surface area contributed by atoms with Gasteiger partial charge in [-0.05, 0) is 47.7 Å². The highest BCUT2D eigenvalue weighted by molar-refractivity contribution is 8.00. The summed E-state index contributed by atoms with van der Waals surface area (Å²) >= 11 is -0.171. The van der Waals surface area contributed by atoms with Crippen molar-refractivity contribution < 1.29 is 13.2 Å². The second kappa shape index (κ2) is 6.42. The van der Waals surface area contributed by atoms with E-state index in [1.807, 2.05) is 24.3 Å². The molecule has 0 aliphatic heterocycles. The van der Waals surface area contributed by atoms with Crippen molar-refractivity contribution >= 4 is 34.4 Å². The van der Waals surface area contributed by atoms with Crippen molar-refractivity contribution in [2.75, 3.05) is 0 Å². The molecule has 1 N–H and O–H groups in total. The molecule has 0 fully saturated rings. The molecule has 0 atom stereocenters. The number of alkyl halides is 3. The molecule has 1 heterocycles. The highest BCUT2D eigenvalue weighted by Gasteiger charge is 2.28. The molecule has 2 aromatic carbocycles. The maximum Gasteiger partial charge on any atom is 0.446 e. The second-order valence-corrected chi connectivity index (χ2v) is 6.03. The molecule has 0 spiro atoms. The van der Waals surface area contributed by atoms with Gasteiger partial charge >= 0.3 is 5.51 Å². The normalized spacial score (nSPS) is 12.3. The Morgan fingerprint density at radius 2 is 1.83 bits per heavy atom. The molecule has 0 aliphatic carbocycles. The summed E-state index contributed by atoms with van der Waals surface area (Å²) in [4.78, 5) is 7.50. The van der Waals surface area contributed by atoms with Gasteiger partial charge in [-0.2, -0.15) is 18.4 Å². The van der Waals surface area contributed by atoms with Crippen molar-refractivity contribution in [3.63, 3.8) is 0 Å². The summed E-state index contributed by atoms with van der Waals surface area (Å²) in [6.45, 7) is 0. The van der Waals surface area contributed by atoms with Crippen LogP contribution in [-0.4, -0.2) is 15.5 Å². The molecule has 0 saturated carbocycles. The van der Waals surface area contributed by atoms with E-state index in [0.29, 0.717) is 17.0 Å². The minimum Gasteiger partial charge on any atom is -0.337 e. The fourth-order valence-corrected chi connectivity index (χ4v) is 2.71. The first-order valence-corrected chi connectivity index (χ1v) is 7.69. The zero-order valence-corrected chi connectivity index (χ0v) is 12.9. The van der Waals surface area contributed by atoms with Crippen LogP contribution in [0, 0.1) is 11.3 Å². The maximum atomic E-state index is 12.3. The van der Waals surface area contributed by atoms with E-state index in [4.69, 9.17) is 0 Å². The Labute approximate surface area is 139 Å². The van der Waals surface area contributed by atoms with Gasteiger partial charge in [-0.15, -0.1) is 0 Å². The number of aromatic nitrogens is 2. The molecule has 3 aromatic rings. The van der Waals surface area contributed by atoms with Gasteiger partial charge in [0.2, 0.25) is 0 Å². The van der Waals surface area contributed by atoms with Crippen LogP contribution in [0.15, 0.2) is 53.4 Å². The van der Waals surface area contributed by atoms with E-state index in [2.05, 4.69) is 16.0 Å². The summed E-state index contributed by atoms with van der Waals surface area (Å²) in [5, 5.41) is 9.34. The number of H-pyrrole nitrogens is 1. The van der Waals surface area contributed by atoms with Crippen LogP contribution in [0.25, 0.3) is 22.7 Å². The van der Waals surface area contributed by atoms with Crippen LogP contribution in [0.2, 0.25) is 0 Å². The molecular formula is C17H10F3N3S. The average Bonchev–Trinajstić information content (AvgIpc) is 2.96. The smallest absolute Gasteiger partial charge is 0.337 e. The van der Waals surface area contributed by atoms with Gasteiger partial charge in [-0.3, -0.25) is 0 Å². The first-order valence-electron chi connectivity index (χ1n) is 6.87. The zero-order chi connectivity index (χ0) is 17.2. The predicted molar refractivity (Wildman–Crippen MR) is 87.9 cm³/mol. The number of thioether (sulfide) groups is 1. The monoisotopic (exact) mass is 345 g/mol. The van der Waals surface area contributed by atoms with Gasteiger partial charge in [-0.1, -0.05) is 24.3 Å². The lowest BCUT2D eigenvalue weighted by Gasteiger charge is -2.05. The topological polar surface area (TPSA) is 52.5 Å². The van der Waals surface area contributed by atoms with Crippen LogP contribution in [-0.2, 0) is 0 Å². The number of benzene rings is 2. The first kappa shape index (κ1) is 16.1. The number of aromatic amines is 1. The van der Waals surface area contributed by atoms with Crippen LogP contribution >= 0.6 is 11.8 Å². The number of halogens is 3. The number of imidazole rings is 1. The lowest BCUT2D eigenvalue weighted by molar-refractivity contribution is -0.0328. The van der Waals surface area contributed by atoms with Gasteiger partial charge in [0.25, 0.3) is 0 Å². The van der Waals surface area contributed by atoms with Gasteiger partial charge < -0.3 is 4.98 Å². The third kappa shape index (κ3) is 3.78. The SMILES string of the molecule is N#C/C(=C\c1ccc(SC(F)(F)F)cc1)c1nc2ccccc2[nH]1. The fraction of sp³-hybridized carbons (Fsp3) is 0.0588. The van der Waals surface area contributed by atoms with Crippen molar-refractivity contribution in [1.82, 2.24) is 9.97 Å². The summed E-state index contributed by atoms with van der Waals surface area (Å²) in [6, 6.07) is 15.3. The Morgan fingerprint density at radius 1 is 1.12 bits per heavy atom. The number of para-hydroxylation sites is 2. The standard InChI is InChI=1S/C17H10F3N3S/c18-17(19,20)24-13-7-5-11(6-8-13)9-12(10-21)16-22-14-3-1-2-4-15(14)23-16/h1-9H,(H,22,23)/b12-9+. The summed E-state index contributed by atoms with van der Waals surface area (Å²) < 4.78 is 37.0. The van der Waals surface area contributed by atoms with E-state index in [-0.39, 0.29) is 16.7 Å². The number of allylic oxidation sites excluding steroid dienone is 1. The van der Waals surface area contributed by atoms with Crippen LogP contribution in [0.5, 0.6) is 0 Å². The molecule has 0 saturated heterocycles. The van der Waals surface area contributed by atoms with E-state index in [1.165, 1.54) is 24.3 Å². The Kier molecular flexibility index (Phi) is 4.32. The minimum atomic E-state index is -4.32. The van der Waals surface area contributed by atoms with Crippen molar-refractivity contribution in [2.24, 2.45) is 0 Å². The fourth-order valence-electron chi connectivity index (χ4n) is 2.17. The van der Waals surface area contributed by atoms with Crippen LogP contribution < -0.4 is 0 Å². The maximum absolute atomic E-state index is 12.3. The van der Waals surface area contributed by atoms with Crippen LogP contribution in [0.4, 0.5) is 13.2 Å². The highest BCUT2D eigenvalue weighted by atomic mass is 32.2. The van der Waals surface area contributed by atoms with Gasteiger partial charge in [0.15, 0.2) is 0 Å². The molecule has 0 amide bonds. The summed E-state index contributed by atoms with van der Waals surface area (Å²) in [6.07, 6.45) is 1.58. The number of nitriles is 1. The molecule has 7 heteroatoms. The van der Waals surface area contributed by atoms with E-state index in [9.17, 15) is 18.4 Å². The van der Waals surface area contributed by atoms with Crippen molar-refractivity contribution in [1.29, 1.82) is 5.26 Å². The van der Waals surface area contributed by atoms with Crippen molar-refractivity contribution in [3.8, 4) is 6.07 Å². The lowest BCUT2D eigenvalue weighted by Crippen LogP contribution is -1.98. The lowest BCUT2D eigenvalue weighted by atomic mass is 10.1. The number of hydrogen-bond acceptors (Lipinski definition) is 3. The van der Waals surface area contributed by atoms with Gasteiger partial charge in [0, 0.05) is 4.90 Å². The Hall–Kier alpha value is -2.72. The van der Waals surface area contributed by atoms with E-state index in [0.717, 1.165) is 11.0 Å². The molecule has 3 nitrogen and oxygen atoms in total. The first-order chi connectivity index (χ1) is 11.4. The number of nitrogens with one attached hydrogen (secondary N) is 1. The van der Waals surface area contributed by atoms with Crippen LogP contribution in [0.1, 0.15) is 11.4 Å². The molecule has 120 valence electrons. The molecule has 0 bridgehead atoms. The van der Waals surface area contributed by atoms with E-state index < -0.39 is 5.51 Å². The molecule has 0 unspecified atom stereocenters. The number of rotatable bonds is 3. The largest absolute Gasteiger partial charge is 0.446 e. The third-order valence-corrected chi connectivity index (χ3v) is 3.93. The number of nitrogens with zero attached hydrogens (tertiary/aromatic N) is 2. The van der Waals surface area contributed by atoms with Crippen molar-refractivity contribution in [3.05, 3.63) is 59.9 Å². The minimum absolute atomic E-state index is 0.0990. The van der Waals surface area contributed by atoms with Crippen LogP contribution in [0.3, 0.4) is 0 Å². The molecule has 3 rings (SSSR count). The molecule has 1 aromatic heterocycles. The number of hydrogen-bond donors (Lipinski definition) is 1. The second-order valence-electron chi connectivity index (χ2n) is 4.89. The highest BCUT2D eigenvalue weighted by Crippen LogP contribution is 2.36. The summed E-state index contributed by atoms with van der Waals surface area (Å²) in [7, 11) is 0. The Bertz CT molecular complexity index is 901. The van der Waals surface area contributed by atoms with Gasteiger partial charge in [-0.25, -0.2) is 4.98 Å². The third-order valence-electron chi connectivity index (χ3n) is 3.19. The van der Waals surface area contributed by atoms with Gasteiger partial charge in [0.1, 0.15) is 11.9 Å².